The number of nitrogen functional groups attached to an aromatic ring is 1. The van der Waals surface area contributed by atoms with Gasteiger partial charge < -0.3 is 20.5 Å². The number of hydrogen-bond donors (Lipinski definition) is 2. The van der Waals surface area contributed by atoms with Crippen LogP contribution in [0, 0.1) is 0 Å². The molecule has 0 aromatic heterocycles. The van der Waals surface area contributed by atoms with Gasteiger partial charge in [-0.15, -0.1) is 0 Å². The first-order valence-corrected chi connectivity index (χ1v) is 6.04. The van der Waals surface area contributed by atoms with E-state index >= 15 is 0 Å². The Balaban J connectivity index is 2.15. The lowest BCUT2D eigenvalue weighted by atomic mass is 10.2. The van der Waals surface area contributed by atoms with Crippen molar-refractivity contribution in [3.63, 3.8) is 0 Å². The molecule has 2 aromatic carbocycles. The average molecular weight is 258 g/mol. The number of nitrogens with one attached hydrogen (secondary N) is 1. The lowest BCUT2D eigenvalue weighted by molar-refractivity contribution is 0.410. The van der Waals surface area contributed by atoms with E-state index in [4.69, 9.17) is 15.2 Å². The van der Waals surface area contributed by atoms with Gasteiger partial charge >= 0.3 is 0 Å². The Morgan fingerprint density at radius 1 is 0.947 bits per heavy atom. The molecule has 0 unspecified atom stereocenters. The molecule has 0 spiro atoms. The minimum absolute atomic E-state index is 0.611. The summed E-state index contributed by atoms with van der Waals surface area (Å²) in [4.78, 5) is 0. The Hall–Kier alpha value is -2.36. The van der Waals surface area contributed by atoms with Gasteiger partial charge in [-0.05, 0) is 18.2 Å². The first kappa shape index (κ1) is 13.1. The summed E-state index contributed by atoms with van der Waals surface area (Å²) in [5.74, 6) is 1.53. The summed E-state index contributed by atoms with van der Waals surface area (Å²) in [6, 6.07) is 13.5. The lowest BCUT2D eigenvalue weighted by Gasteiger charge is -2.13. The largest absolute Gasteiger partial charge is 0.496 e. The van der Waals surface area contributed by atoms with E-state index in [0.717, 1.165) is 17.0 Å². The molecule has 0 amide bonds. The van der Waals surface area contributed by atoms with Crippen LogP contribution in [0.15, 0.2) is 42.5 Å². The smallest absolute Gasteiger partial charge is 0.143 e. The summed E-state index contributed by atoms with van der Waals surface area (Å²) >= 11 is 0. The van der Waals surface area contributed by atoms with E-state index in [1.54, 1.807) is 14.2 Å². The van der Waals surface area contributed by atoms with Crippen molar-refractivity contribution in [2.24, 2.45) is 0 Å². The van der Waals surface area contributed by atoms with Crippen molar-refractivity contribution in [3.8, 4) is 11.5 Å². The van der Waals surface area contributed by atoms with Gasteiger partial charge in [-0.25, -0.2) is 0 Å². The average Bonchev–Trinajstić information content (AvgIpc) is 2.46. The van der Waals surface area contributed by atoms with Gasteiger partial charge in [0.05, 0.1) is 25.6 Å². The van der Waals surface area contributed by atoms with Gasteiger partial charge in [-0.2, -0.15) is 0 Å². The van der Waals surface area contributed by atoms with Gasteiger partial charge in [0.15, 0.2) is 0 Å². The van der Waals surface area contributed by atoms with E-state index in [0.29, 0.717) is 18.0 Å². The molecule has 0 heterocycles. The molecular formula is C15H18N2O2. The molecule has 2 rings (SSSR count). The second-order valence-corrected chi connectivity index (χ2v) is 4.09. The van der Waals surface area contributed by atoms with Crippen LogP contribution < -0.4 is 20.5 Å². The van der Waals surface area contributed by atoms with Gasteiger partial charge in [0, 0.05) is 12.1 Å². The van der Waals surface area contributed by atoms with Crippen molar-refractivity contribution < 1.29 is 9.47 Å². The van der Waals surface area contributed by atoms with Crippen molar-refractivity contribution in [2.75, 3.05) is 25.3 Å². The van der Waals surface area contributed by atoms with E-state index in [2.05, 4.69) is 5.32 Å². The van der Waals surface area contributed by atoms with Crippen LogP contribution in [-0.4, -0.2) is 14.2 Å². The summed E-state index contributed by atoms with van der Waals surface area (Å²) in [7, 11) is 3.27. The van der Waals surface area contributed by atoms with E-state index in [1.165, 1.54) is 0 Å². The highest BCUT2D eigenvalue weighted by Gasteiger charge is 2.06. The fourth-order valence-electron chi connectivity index (χ4n) is 1.92. The predicted molar refractivity (Wildman–Crippen MR) is 77.7 cm³/mol. The Labute approximate surface area is 113 Å². The molecular weight excluding hydrogens is 240 g/mol. The van der Waals surface area contributed by atoms with Crippen molar-refractivity contribution in [1.82, 2.24) is 0 Å². The number of nitrogens with two attached hydrogens (primary N) is 1. The van der Waals surface area contributed by atoms with E-state index in [-0.39, 0.29) is 0 Å². The van der Waals surface area contributed by atoms with Crippen LogP contribution in [0.3, 0.4) is 0 Å². The second-order valence-electron chi connectivity index (χ2n) is 4.09. The van der Waals surface area contributed by atoms with Gasteiger partial charge in [-0.1, -0.05) is 24.3 Å². The third-order valence-electron chi connectivity index (χ3n) is 2.95. The summed E-state index contributed by atoms with van der Waals surface area (Å²) in [5, 5.41) is 3.29. The zero-order chi connectivity index (χ0) is 13.7. The Morgan fingerprint density at radius 3 is 2.37 bits per heavy atom. The molecule has 0 radical (unpaired) electrons. The molecule has 0 atom stereocenters. The summed E-state index contributed by atoms with van der Waals surface area (Å²) in [6.45, 7) is 0.640. The first-order valence-electron chi connectivity index (χ1n) is 6.04. The third kappa shape index (κ3) is 2.91. The van der Waals surface area contributed by atoms with Crippen LogP contribution in [0.2, 0.25) is 0 Å². The van der Waals surface area contributed by atoms with Crippen molar-refractivity contribution >= 4 is 11.4 Å². The second kappa shape index (κ2) is 6.00. The zero-order valence-electron chi connectivity index (χ0n) is 11.1. The molecule has 0 aliphatic heterocycles. The van der Waals surface area contributed by atoms with Crippen LogP contribution in [-0.2, 0) is 6.54 Å². The molecule has 0 bridgehead atoms. The van der Waals surface area contributed by atoms with Gasteiger partial charge in [0.25, 0.3) is 0 Å². The molecule has 19 heavy (non-hydrogen) atoms. The number of benzene rings is 2. The number of rotatable bonds is 5. The molecule has 0 aliphatic rings. The Kier molecular flexibility index (Phi) is 4.13. The van der Waals surface area contributed by atoms with Gasteiger partial charge in [0.1, 0.15) is 11.5 Å². The summed E-state index contributed by atoms with van der Waals surface area (Å²) < 4.78 is 10.5. The highest BCUT2D eigenvalue weighted by molar-refractivity contribution is 5.73. The maximum Gasteiger partial charge on any atom is 0.143 e. The normalized spacial score (nSPS) is 10.0. The van der Waals surface area contributed by atoms with E-state index in [1.807, 2.05) is 42.5 Å². The van der Waals surface area contributed by atoms with E-state index < -0.39 is 0 Å². The zero-order valence-corrected chi connectivity index (χ0v) is 11.1. The molecule has 0 fully saturated rings. The monoisotopic (exact) mass is 258 g/mol. The highest BCUT2D eigenvalue weighted by Crippen LogP contribution is 2.29. The van der Waals surface area contributed by atoms with Crippen LogP contribution in [0.25, 0.3) is 0 Å². The third-order valence-corrected chi connectivity index (χ3v) is 2.95. The van der Waals surface area contributed by atoms with E-state index in [9.17, 15) is 0 Å². The highest BCUT2D eigenvalue weighted by atomic mass is 16.5. The summed E-state index contributed by atoms with van der Waals surface area (Å²) in [5.41, 5.74) is 8.55. The van der Waals surface area contributed by atoms with Crippen molar-refractivity contribution in [3.05, 3.63) is 48.0 Å². The molecule has 4 heteroatoms. The van der Waals surface area contributed by atoms with Gasteiger partial charge in [0.2, 0.25) is 0 Å². The number of anilines is 2. The maximum absolute atomic E-state index is 6.01. The Morgan fingerprint density at radius 2 is 1.63 bits per heavy atom. The molecule has 0 saturated carbocycles. The molecule has 2 aromatic rings. The first-order chi connectivity index (χ1) is 9.26. The van der Waals surface area contributed by atoms with Crippen molar-refractivity contribution in [2.45, 2.75) is 6.54 Å². The van der Waals surface area contributed by atoms with Crippen LogP contribution in [0.5, 0.6) is 11.5 Å². The van der Waals surface area contributed by atoms with Crippen LogP contribution in [0.4, 0.5) is 11.4 Å². The minimum atomic E-state index is 0.611. The minimum Gasteiger partial charge on any atom is -0.496 e. The fraction of sp³-hybridized carbons (Fsp3) is 0.200. The standard InChI is InChI=1S/C15H18N2O2/c1-18-13-8-4-3-6-11(13)10-17-12-7-5-9-14(19-2)15(12)16/h3-9,17H,10,16H2,1-2H3. The molecule has 3 N–H and O–H groups in total. The summed E-state index contributed by atoms with van der Waals surface area (Å²) in [6.07, 6.45) is 0. The predicted octanol–water partition coefficient (Wildman–Crippen LogP) is 2.90. The molecule has 100 valence electrons. The maximum atomic E-state index is 6.01. The molecule has 0 saturated heterocycles. The molecule has 4 nitrogen and oxygen atoms in total. The lowest BCUT2D eigenvalue weighted by Crippen LogP contribution is -2.04. The number of para-hydroxylation sites is 2. The fourth-order valence-corrected chi connectivity index (χ4v) is 1.92. The number of ether oxygens (including phenoxy) is 2. The van der Waals surface area contributed by atoms with Gasteiger partial charge in [-0.3, -0.25) is 0 Å². The SMILES string of the molecule is COc1ccccc1CNc1cccc(OC)c1N. The number of hydrogen-bond acceptors (Lipinski definition) is 4. The quantitative estimate of drug-likeness (QED) is 0.810. The molecule has 0 aliphatic carbocycles. The van der Waals surface area contributed by atoms with Crippen LogP contribution in [0.1, 0.15) is 5.56 Å². The van der Waals surface area contributed by atoms with Crippen LogP contribution >= 0.6 is 0 Å². The topological polar surface area (TPSA) is 56.5 Å². The Bertz CT molecular complexity index is 556. The number of methoxy groups -OCH3 is 2. The van der Waals surface area contributed by atoms with Crippen molar-refractivity contribution in [1.29, 1.82) is 0 Å².